The Balaban J connectivity index is 2.07. The van der Waals surface area contributed by atoms with Crippen LogP contribution in [0.15, 0.2) is 24.3 Å². The fourth-order valence-electron chi connectivity index (χ4n) is 2.03. The van der Waals surface area contributed by atoms with Gasteiger partial charge in [-0.3, -0.25) is 4.79 Å². The maximum Gasteiger partial charge on any atom is 0.328 e. The van der Waals surface area contributed by atoms with Crippen LogP contribution in [0.1, 0.15) is 5.56 Å². The monoisotopic (exact) mass is 267 g/mol. The average molecular weight is 267 g/mol. The molecular weight excluding hydrogens is 253 g/mol. The lowest BCUT2D eigenvalue weighted by Gasteiger charge is -2.32. The predicted molar refractivity (Wildman–Crippen MR) is 64.1 cm³/mol. The number of rotatable bonds is 3. The first kappa shape index (κ1) is 13.5. The lowest BCUT2D eigenvalue weighted by Crippen LogP contribution is -2.53. The summed E-state index contributed by atoms with van der Waals surface area (Å²) in [6.07, 6.45) is -0.0124. The molecular formula is C13H14FNO4. The molecule has 1 aromatic rings. The molecule has 1 atom stereocenters. The highest BCUT2D eigenvalue weighted by molar-refractivity contribution is 5.85. The van der Waals surface area contributed by atoms with E-state index >= 15 is 0 Å². The SMILES string of the molecule is O=C(O)C1COCCN1C(=O)Cc1cccc(F)c1. The van der Waals surface area contributed by atoms with Gasteiger partial charge in [0.05, 0.1) is 19.6 Å². The Hall–Kier alpha value is -1.95. The van der Waals surface area contributed by atoms with Gasteiger partial charge in [-0.25, -0.2) is 9.18 Å². The number of carbonyl (C=O) groups excluding carboxylic acids is 1. The van der Waals surface area contributed by atoms with Crippen LogP contribution in [-0.4, -0.2) is 47.7 Å². The van der Waals surface area contributed by atoms with Gasteiger partial charge in [0.2, 0.25) is 5.91 Å². The minimum atomic E-state index is -1.09. The van der Waals surface area contributed by atoms with E-state index in [0.29, 0.717) is 12.2 Å². The van der Waals surface area contributed by atoms with Crippen LogP contribution in [-0.2, 0) is 20.7 Å². The molecule has 1 saturated heterocycles. The molecule has 0 spiro atoms. The van der Waals surface area contributed by atoms with E-state index < -0.39 is 17.8 Å². The molecule has 0 bridgehead atoms. The summed E-state index contributed by atoms with van der Waals surface area (Å²) in [5.41, 5.74) is 0.528. The second-order valence-corrected chi connectivity index (χ2v) is 4.32. The summed E-state index contributed by atoms with van der Waals surface area (Å²) < 4.78 is 18.1. The van der Waals surface area contributed by atoms with Gasteiger partial charge in [-0.2, -0.15) is 0 Å². The zero-order chi connectivity index (χ0) is 13.8. The smallest absolute Gasteiger partial charge is 0.328 e. The molecule has 1 heterocycles. The highest BCUT2D eigenvalue weighted by Gasteiger charge is 2.32. The van der Waals surface area contributed by atoms with Crippen molar-refractivity contribution in [3.05, 3.63) is 35.6 Å². The van der Waals surface area contributed by atoms with E-state index in [1.165, 1.54) is 23.1 Å². The van der Waals surface area contributed by atoms with E-state index in [4.69, 9.17) is 9.84 Å². The van der Waals surface area contributed by atoms with E-state index in [1.54, 1.807) is 6.07 Å². The van der Waals surface area contributed by atoms with Crippen molar-refractivity contribution in [3.8, 4) is 0 Å². The number of amides is 1. The van der Waals surface area contributed by atoms with Crippen molar-refractivity contribution >= 4 is 11.9 Å². The first-order valence-electron chi connectivity index (χ1n) is 5.92. The lowest BCUT2D eigenvalue weighted by molar-refractivity contribution is -0.158. The molecule has 1 N–H and O–H groups in total. The first-order chi connectivity index (χ1) is 9.08. The molecule has 2 rings (SSSR count). The molecule has 1 aliphatic rings. The number of carboxylic acids is 1. The van der Waals surface area contributed by atoms with Crippen molar-refractivity contribution in [1.29, 1.82) is 0 Å². The van der Waals surface area contributed by atoms with E-state index in [1.807, 2.05) is 0 Å². The van der Waals surface area contributed by atoms with Crippen molar-refractivity contribution in [2.24, 2.45) is 0 Å². The third-order valence-corrected chi connectivity index (χ3v) is 2.98. The normalized spacial score (nSPS) is 19.2. The number of hydrogen-bond acceptors (Lipinski definition) is 3. The minimum Gasteiger partial charge on any atom is -0.480 e. The number of carboxylic acid groups (broad SMARTS) is 1. The number of morpholine rings is 1. The Morgan fingerprint density at radius 1 is 1.47 bits per heavy atom. The lowest BCUT2D eigenvalue weighted by atomic mass is 10.1. The predicted octanol–water partition coefficient (Wildman–Crippen LogP) is 0.680. The molecule has 0 radical (unpaired) electrons. The van der Waals surface area contributed by atoms with Gasteiger partial charge < -0.3 is 14.7 Å². The second-order valence-electron chi connectivity index (χ2n) is 4.32. The quantitative estimate of drug-likeness (QED) is 0.874. The zero-order valence-corrected chi connectivity index (χ0v) is 10.2. The number of halogens is 1. The molecule has 0 aromatic heterocycles. The summed E-state index contributed by atoms with van der Waals surface area (Å²) in [4.78, 5) is 24.4. The summed E-state index contributed by atoms with van der Waals surface area (Å²) in [5, 5.41) is 9.03. The van der Waals surface area contributed by atoms with Crippen LogP contribution in [0.5, 0.6) is 0 Å². The van der Waals surface area contributed by atoms with E-state index in [9.17, 15) is 14.0 Å². The van der Waals surface area contributed by atoms with E-state index in [-0.39, 0.29) is 25.5 Å². The van der Waals surface area contributed by atoms with Crippen molar-refractivity contribution < 1.29 is 23.8 Å². The average Bonchev–Trinajstić information content (AvgIpc) is 2.38. The molecule has 1 unspecified atom stereocenters. The maximum absolute atomic E-state index is 13.0. The maximum atomic E-state index is 13.0. The standard InChI is InChI=1S/C13H14FNO4/c14-10-3-1-2-9(6-10)7-12(16)15-4-5-19-8-11(15)13(17)18/h1-3,6,11H,4-5,7-8H2,(H,17,18). The topological polar surface area (TPSA) is 66.8 Å². The molecule has 6 heteroatoms. The molecule has 1 aliphatic heterocycles. The largest absolute Gasteiger partial charge is 0.480 e. The summed E-state index contributed by atoms with van der Waals surface area (Å²) in [7, 11) is 0. The third kappa shape index (κ3) is 3.29. The fraction of sp³-hybridized carbons (Fsp3) is 0.385. The highest BCUT2D eigenvalue weighted by atomic mass is 19.1. The third-order valence-electron chi connectivity index (χ3n) is 2.98. The molecule has 0 aliphatic carbocycles. The minimum absolute atomic E-state index is 0.00970. The summed E-state index contributed by atoms with van der Waals surface area (Å²) in [6.45, 7) is 0.550. The number of carbonyl (C=O) groups is 2. The number of ether oxygens (including phenoxy) is 1. The fourth-order valence-corrected chi connectivity index (χ4v) is 2.03. The molecule has 1 fully saturated rings. The molecule has 5 nitrogen and oxygen atoms in total. The van der Waals surface area contributed by atoms with Crippen LogP contribution in [0, 0.1) is 5.82 Å². The van der Waals surface area contributed by atoms with Gasteiger partial charge in [0.25, 0.3) is 0 Å². The first-order valence-corrected chi connectivity index (χ1v) is 5.92. The van der Waals surface area contributed by atoms with Crippen LogP contribution in [0.2, 0.25) is 0 Å². The summed E-state index contributed by atoms with van der Waals surface area (Å²) >= 11 is 0. The number of benzene rings is 1. The second kappa shape index (κ2) is 5.79. The van der Waals surface area contributed by atoms with Crippen molar-refractivity contribution in [2.45, 2.75) is 12.5 Å². The van der Waals surface area contributed by atoms with Gasteiger partial charge in [-0.15, -0.1) is 0 Å². The zero-order valence-electron chi connectivity index (χ0n) is 10.2. The number of hydrogen-bond donors (Lipinski definition) is 1. The van der Waals surface area contributed by atoms with Crippen LogP contribution in [0.3, 0.4) is 0 Å². The Morgan fingerprint density at radius 3 is 2.95 bits per heavy atom. The summed E-state index contributed by atoms with van der Waals surface area (Å²) in [5.74, 6) is -1.84. The Morgan fingerprint density at radius 2 is 2.26 bits per heavy atom. The van der Waals surface area contributed by atoms with Crippen LogP contribution >= 0.6 is 0 Å². The van der Waals surface area contributed by atoms with Gasteiger partial charge in [0.1, 0.15) is 5.82 Å². The highest BCUT2D eigenvalue weighted by Crippen LogP contribution is 2.12. The molecule has 1 amide bonds. The van der Waals surface area contributed by atoms with Gasteiger partial charge in [0.15, 0.2) is 6.04 Å². The van der Waals surface area contributed by atoms with Gasteiger partial charge >= 0.3 is 5.97 Å². The van der Waals surface area contributed by atoms with Crippen molar-refractivity contribution in [2.75, 3.05) is 19.8 Å². The Bertz CT molecular complexity index is 491. The van der Waals surface area contributed by atoms with Crippen LogP contribution in [0.25, 0.3) is 0 Å². The Labute approximate surface area is 109 Å². The summed E-state index contributed by atoms with van der Waals surface area (Å²) in [6, 6.07) is 4.76. The van der Waals surface area contributed by atoms with Gasteiger partial charge in [-0.1, -0.05) is 12.1 Å². The van der Waals surface area contributed by atoms with Crippen LogP contribution in [0.4, 0.5) is 4.39 Å². The van der Waals surface area contributed by atoms with Crippen molar-refractivity contribution in [3.63, 3.8) is 0 Å². The Kier molecular flexibility index (Phi) is 4.11. The molecule has 0 saturated carbocycles. The molecule has 19 heavy (non-hydrogen) atoms. The molecule has 1 aromatic carbocycles. The van der Waals surface area contributed by atoms with E-state index in [0.717, 1.165) is 0 Å². The van der Waals surface area contributed by atoms with Gasteiger partial charge in [-0.05, 0) is 17.7 Å². The molecule has 102 valence electrons. The van der Waals surface area contributed by atoms with Gasteiger partial charge in [0, 0.05) is 6.54 Å². The number of aliphatic carboxylic acids is 1. The van der Waals surface area contributed by atoms with Crippen LogP contribution < -0.4 is 0 Å². The van der Waals surface area contributed by atoms with Crippen molar-refractivity contribution in [1.82, 2.24) is 4.90 Å². The number of nitrogens with zero attached hydrogens (tertiary/aromatic N) is 1. The van der Waals surface area contributed by atoms with E-state index in [2.05, 4.69) is 0 Å².